The maximum absolute atomic E-state index is 12.6. The Morgan fingerprint density at radius 1 is 1.29 bits per heavy atom. The van der Waals surface area contributed by atoms with Crippen molar-refractivity contribution in [2.75, 3.05) is 19.0 Å². The lowest BCUT2D eigenvalue weighted by atomic mass is 9.88. The minimum atomic E-state index is -1.00. The van der Waals surface area contributed by atoms with Gasteiger partial charge in [0.05, 0.1) is 24.5 Å². The summed E-state index contributed by atoms with van der Waals surface area (Å²) in [7, 11) is 1.55. The summed E-state index contributed by atoms with van der Waals surface area (Å²) >= 11 is 0. The van der Waals surface area contributed by atoms with Crippen molar-refractivity contribution in [1.29, 1.82) is 0 Å². The van der Waals surface area contributed by atoms with E-state index in [1.807, 2.05) is 0 Å². The molecule has 1 aliphatic heterocycles. The summed E-state index contributed by atoms with van der Waals surface area (Å²) in [6.07, 6.45) is -1.72. The molecule has 0 fully saturated rings. The maximum Gasteiger partial charge on any atom is 0.296 e. The minimum Gasteiger partial charge on any atom is -0.497 e. The van der Waals surface area contributed by atoms with E-state index in [0.29, 0.717) is 17.9 Å². The summed E-state index contributed by atoms with van der Waals surface area (Å²) in [5.74, 6) is 0.491. The number of nitrogens with zero attached hydrogens (tertiary/aromatic N) is 1. The second-order valence-corrected chi connectivity index (χ2v) is 7.76. The first kappa shape index (κ1) is 22.5. The number of nitro groups is 1. The van der Waals surface area contributed by atoms with Gasteiger partial charge in [-0.2, -0.15) is 0 Å². The normalized spacial score (nSPS) is 19.1. The van der Waals surface area contributed by atoms with Crippen LogP contribution in [0.4, 0.5) is 11.4 Å². The quantitative estimate of drug-likeness (QED) is 0.510. The van der Waals surface area contributed by atoms with Gasteiger partial charge in [0.2, 0.25) is 5.91 Å². The van der Waals surface area contributed by atoms with Crippen molar-refractivity contribution in [2.24, 2.45) is 0 Å². The summed E-state index contributed by atoms with van der Waals surface area (Å²) < 4.78 is 16.6. The van der Waals surface area contributed by atoms with Gasteiger partial charge in [-0.1, -0.05) is 12.1 Å². The van der Waals surface area contributed by atoms with E-state index >= 15 is 0 Å². The molecule has 3 rings (SSSR count). The summed E-state index contributed by atoms with van der Waals surface area (Å²) in [4.78, 5) is 23.6. The number of ether oxygens (including phenoxy) is 3. The smallest absolute Gasteiger partial charge is 0.296 e. The number of aliphatic hydroxyl groups excluding tert-OH is 1. The van der Waals surface area contributed by atoms with Crippen molar-refractivity contribution in [1.82, 2.24) is 0 Å². The average molecular weight is 430 g/mol. The Morgan fingerprint density at radius 2 is 1.97 bits per heavy atom. The SMILES string of the molecule is CCO[C@H]1c2cc(NC(=O)Cc3ccc(OC)cc3)c([N+](=O)[O-])cc2OC(C)(C)C1O. The molecule has 0 radical (unpaired) electrons. The zero-order valence-corrected chi connectivity index (χ0v) is 17.9. The molecular formula is C22H26N2O7. The highest BCUT2D eigenvalue weighted by atomic mass is 16.6. The Labute approximate surface area is 180 Å². The van der Waals surface area contributed by atoms with Gasteiger partial charge in [-0.15, -0.1) is 0 Å². The number of benzene rings is 2. The van der Waals surface area contributed by atoms with Gasteiger partial charge in [-0.3, -0.25) is 14.9 Å². The molecule has 0 spiro atoms. The van der Waals surface area contributed by atoms with E-state index in [1.165, 1.54) is 12.1 Å². The van der Waals surface area contributed by atoms with E-state index in [-0.39, 0.29) is 23.5 Å². The molecule has 1 unspecified atom stereocenters. The van der Waals surface area contributed by atoms with Gasteiger partial charge in [-0.05, 0) is 44.5 Å². The number of aliphatic hydroxyl groups is 1. The molecule has 0 saturated carbocycles. The highest BCUT2D eigenvalue weighted by molar-refractivity contribution is 5.95. The van der Waals surface area contributed by atoms with Crippen LogP contribution in [0.2, 0.25) is 0 Å². The van der Waals surface area contributed by atoms with Crippen LogP contribution in [0.15, 0.2) is 36.4 Å². The van der Waals surface area contributed by atoms with Crippen LogP contribution in [-0.4, -0.2) is 41.4 Å². The lowest BCUT2D eigenvalue weighted by Gasteiger charge is -2.41. The second kappa shape index (κ2) is 8.91. The Balaban J connectivity index is 1.92. The van der Waals surface area contributed by atoms with E-state index in [9.17, 15) is 20.0 Å². The molecule has 2 aromatic carbocycles. The lowest BCUT2D eigenvalue weighted by molar-refractivity contribution is -0.384. The average Bonchev–Trinajstić information content (AvgIpc) is 2.71. The Hall–Kier alpha value is -3.17. The first-order valence-corrected chi connectivity index (χ1v) is 9.90. The monoisotopic (exact) mass is 430 g/mol. The molecule has 166 valence electrons. The number of carbonyl (C=O) groups excluding carboxylic acids is 1. The number of amides is 1. The number of methoxy groups -OCH3 is 1. The van der Waals surface area contributed by atoms with Crippen molar-refractivity contribution < 1.29 is 29.0 Å². The van der Waals surface area contributed by atoms with Crippen LogP contribution in [0.1, 0.15) is 38.0 Å². The second-order valence-electron chi connectivity index (χ2n) is 7.76. The maximum atomic E-state index is 12.6. The molecule has 9 heteroatoms. The van der Waals surface area contributed by atoms with Gasteiger partial charge >= 0.3 is 0 Å². The van der Waals surface area contributed by atoms with Crippen molar-refractivity contribution in [3.63, 3.8) is 0 Å². The van der Waals surface area contributed by atoms with Gasteiger partial charge < -0.3 is 24.6 Å². The molecule has 0 saturated heterocycles. The van der Waals surface area contributed by atoms with Crippen LogP contribution < -0.4 is 14.8 Å². The Morgan fingerprint density at radius 3 is 2.55 bits per heavy atom. The fourth-order valence-corrected chi connectivity index (χ4v) is 3.51. The number of nitrogens with one attached hydrogen (secondary N) is 1. The van der Waals surface area contributed by atoms with Crippen molar-refractivity contribution in [3.05, 3.63) is 57.6 Å². The summed E-state index contributed by atoms with van der Waals surface area (Å²) in [6, 6.07) is 9.67. The van der Waals surface area contributed by atoms with E-state index < -0.39 is 28.6 Å². The van der Waals surface area contributed by atoms with Crippen molar-refractivity contribution in [3.8, 4) is 11.5 Å². The highest BCUT2D eigenvalue weighted by Gasteiger charge is 2.44. The molecular weight excluding hydrogens is 404 g/mol. The number of anilines is 1. The van der Waals surface area contributed by atoms with Crippen LogP contribution in [0, 0.1) is 10.1 Å². The van der Waals surface area contributed by atoms with Crippen LogP contribution in [0.5, 0.6) is 11.5 Å². The molecule has 0 bridgehead atoms. The van der Waals surface area contributed by atoms with Crippen molar-refractivity contribution in [2.45, 2.75) is 45.0 Å². The zero-order chi connectivity index (χ0) is 22.8. The van der Waals surface area contributed by atoms with Gasteiger partial charge in [0, 0.05) is 12.2 Å². The number of fused-ring (bicyclic) bond motifs is 1. The third-order valence-electron chi connectivity index (χ3n) is 5.15. The number of hydrogen-bond acceptors (Lipinski definition) is 7. The third-order valence-corrected chi connectivity index (χ3v) is 5.15. The molecule has 2 N–H and O–H groups in total. The van der Waals surface area contributed by atoms with Crippen LogP contribution in [0.3, 0.4) is 0 Å². The lowest BCUT2D eigenvalue weighted by Crippen LogP contribution is -2.49. The van der Waals surface area contributed by atoms with Crippen LogP contribution >= 0.6 is 0 Å². The molecule has 1 aliphatic rings. The third kappa shape index (κ3) is 4.78. The van der Waals surface area contributed by atoms with Crippen LogP contribution in [-0.2, 0) is 16.0 Å². The van der Waals surface area contributed by atoms with Gasteiger partial charge in [0.25, 0.3) is 5.69 Å². The number of carbonyl (C=O) groups is 1. The number of nitro benzene ring substituents is 1. The van der Waals surface area contributed by atoms with Gasteiger partial charge in [0.15, 0.2) is 0 Å². The molecule has 1 heterocycles. The zero-order valence-electron chi connectivity index (χ0n) is 17.9. The minimum absolute atomic E-state index is 0.0162. The summed E-state index contributed by atoms with van der Waals surface area (Å²) in [5, 5.41) is 24.9. The summed E-state index contributed by atoms with van der Waals surface area (Å²) in [6.45, 7) is 5.48. The Kier molecular flexibility index (Phi) is 6.47. The van der Waals surface area contributed by atoms with Crippen molar-refractivity contribution >= 4 is 17.3 Å². The summed E-state index contributed by atoms with van der Waals surface area (Å²) in [5.41, 5.74) is -0.114. The van der Waals surface area contributed by atoms with E-state index in [1.54, 1.807) is 52.1 Å². The van der Waals surface area contributed by atoms with Crippen LogP contribution in [0.25, 0.3) is 0 Å². The molecule has 0 aromatic heterocycles. The molecule has 2 aromatic rings. The first-order valence-electron chi connectivity index (χ1n) is 9.90. The van der Waals surface area contributed by atoms with Gasteiger partial charge in [-0.25, -0.2) is 0 Å². The van der Waals surface area contributed by atoms with E-state index in [2.05, 4.69) is 5.32 Å². The first-order chi connectivity index (χ1) is 14.7. The van der Waals surface area contributed by atoms with E-state index in [0.717, 1.165) is 5.56 Å². The number of rotatable bonds is 7. The Bertz CT molecular complexity index is 973. The van der Waals surface area contributed by atoms with E-state index in [4.69, 9.17) is 14.2 Å². The fraction of sp³-hybridized carbons (Fsp3) is 0.409. The largest absolute Gasteiger partial charge is 0.497 e. The fourth-order valence-electron chi connectivity index (χ4n) is 3.51. The molecule has 1 amide bonds. The predicted octanol–water partition coefficient (Wildman–Crippen LogP) is 3.39. The molecule has 9 nitrogen and oxygen atoms in total. The number of hydrogen-bond donors (Lipinski definition) is 2. The highest BCUT2D eigenvalue weighted by Crippen LogP contribution is 2.45. The predicted molar refractivity (Wildman–Crippen MR) is 114 cm³/mol. The topological polar surface area (TPSA) is 120 Å². The molecule has 31 heavy (non-hydrogen) atoms. The molecule has 0 aliphatic carbocycles. The van der Waals surface area contributed by atoms with Gasteiger partial charge in [0.1, 0.15) is 35.0 Å². The molecule has 2 atom stereocenters. The standard InChI is InChI=1S/C22H26N2O7/c1-5-30-20-15-11-16(23-19(25)10-13-6-8-14(29-4)9-7-13)17(24(27)28)12-18(15)31-22(2,3)21(20)26/h6-9,11-12,20-21,26H,5,10H2,1-4H3,(H,23,25)/t20-,21?/m0/s1.